The lowest BCUT2D eigenvalue weighted by atomic mass is 10.2. The fraction of sp³-hybridized carbons (Fsp3) is 0.467. The summed E-state index contributed by atoms with van der Waals surface area (Å²) in [5, 5.41) is 1.24. The van der Waals surface area contributed by atoms with Crippen molar-refractivity contribution >= 4 is 20.8 Å². The van der Waals surface area contributed by atoms with Crippen molar-refractivity contribution in [1.82, 2.24) is 0 Å². The molecule has 0 aliphatic heterocycles. The summed E-state index contributed by atoms with van der Waals surface area (Å²) in [6.45, 7) is 12.0. The Balaban J connectivity index is 2.77. The molecule has 0 aromatic heterocycles. The number of benzene rings is 1. The molecule has 98 valence electrons. The zero-order chi connectivity index (χ0) is 13.5. The lowest BCUT2D eigenvalue weighted by molar-refractivity contribution is -0.133. The van der Waals surface area contributed by atoms with Gasteiger partial charge < -0.3 is 9.47 Å². The van der Waals surface area contributed by atoms with Crippen molar-refractivity contribution in [3.63, 3.8) is 0 Å². The minimum Gasteiger partial charge on any atom is -0.354 e. The molecule has 0 heterocycles. The second-order valence-corrected chi connectivity index (χ2v) is 5.94. The van der Waals surface area contributed by atoms with E-state index in [1.807, 2.05) is 45.9 Å². The van der Waals surface area contributed by atoms with E-state index in [0.717, 1.165) is 5.56 Å². The van der Waals surface area contributed by atoms with Crippen LogP contribution in [0.3, 0.4) is 0 Å². The molecule has 0 aliphatic rings. The highest BCUT2D eigenvalue weighted by Gasteiger charge is 2.16. The Kier molecular flexibility index (Phi) is 6.33. The molecule has 0 unspecified atom stereocenters. The maximum absolute atomic E-state index is 5.82. The molecule has 0 atom stereocenters. The Morgan fingerprint density at radius 2 is 1.61 bits per heavy atom. The summed E-state index contributed by atoms with van der Waals surface area (Å²) in [4.78, 5) is 0. The van der Waals surface area contributed by atoms with E-state index < -0.39 is 0 Å². The van der Waals surface area contributed by atoms with Gasteiger partial charge in [0.1, 0.15) is 5.91 Å². The first-order valence-corrected chi connectivity index (χ1v) is 7.39. The van der Waals surface area contributed by atoms with Gasteiger partial charge in [-0.1, -0.05) is 42.1 Å². The minimum atomic E-state index is -0.175. The highest BCUT2D eigenvalue weighted by atomic mass is 28.2. The standard InChI is InChI=1S/C15H22O2Si/c1-6-13-9-7-8-10-14(13)18-15(16-11(2)3)17-12(4)5/h6-12,15H,1H2,2-5H3. The van der Waals surface area contributed by atoms with Crippen LogP contribution < -0.4 is 5.19 Å². The molecule has 3 heteroatoms. The molecule has 18 heavy (non-hydrogen) atoms. The number of hydrogen-bond acceptors (Lipinski definition) is 2. The van der Waals surface area contributed by atoms with Crippen LogP contribution in [-0.2, 0) is 9.47 Å². The third kappa shape index (κ3) is 5.17. The molecular formula is C15H22O2Si. The van der Waals surface area contributed by atoms with Crippen LogP contribution in [0.15, 0.2) is 30.8 Å². The Morgan fingerprint density at radius 3 is 2.11 bits per heavy atom. The van der Waals surface area contributed by atoms with Crippen molar-refractivity contribution in [1.29, 1.82) is 0 Å². The highest BCUT2D eigenvalue weighted by Crippen LogP contribution is 2.05. The normalized spacial score (nSPS) is 11.5. The summed E-state index contributed by atoms with van der Waals surface area (Å²) in [6, 6.07) is 8.23. The second kappa shape index (κ2) is 7.51. The molecule has 1 aromatic carbocycles. The second-order valence-electron chi connectivity index (χ2n) is 4.64. The molecule has 0 saturated heterocycles. The van der Waals surface area contributed by atoms with Crippen LogP contribution in [0.5, 0.6) is 0 Å². The van der Waals surface area contributed by atoms with Gasteiger partial charge in [0.2, 0.25) is 0 Å². The SMILES string of the molecule is C=Cc1ccccc1[Si]C(OC(C)C)OC(C)C. The van der Waals surface area contributed by atoms with E-state index in [2.05, 4.69) is 18.7 Å². The molecule has 0 N–H and O–H groups in total. The van der Waals surface area contributed by atoms with E-state index in [1.54, 1.807) is 0 Å². The molecule has 0 bridgehead atoms. The lowest BCUT2D eigenvalue weighted by Gasteiger charge is -2.23. The third-order valence-electron chi connectivity index (χ3n) is 2.25. The molecule has 1 aromatic rings. The number of rotatable bonds is 7. The summed E-state index contributed by atoms with van der Waals surface area (Å²) in [5.41, 5.74) is 1.15. The van der Waals surface area contributed by atoms with E-state index >= 15 is 0 Å². The molecule has 0 amide bonds. The fourth-order valence-corrected chi connectivity index (χ4v) is 3.01. The minimum absolute atomic E-state index is 0.164. The topological polar surface area (TPSA) is 18.5 Å². The van der Waals surface area contributed by atoms with Gasteiger partial charge in [-0.15, -0.1) is 0 Å². The molecule has 0 saturated carbocycles. The van der Waals surface area contributed by atoms with Gasteiger partial charge in [-0.3, -0.25) is 0 Å². The molecule has 1 rings (SSSR count). The molecular weight excluding hydrogens is 240 g/mol. The van der Waals surface area contributed by atoms with Crippen LogP contribution in [-0.4, -0.2) is 27.6 Å². The zero-order valence-electron chi connectivity index (χ0n) is 11.6. The van der Waals surface area contributed by atoms with Crippen molar-refractivity contribution in [3.05, 3.63) is 36.4 Å². The van der Waals surface area contributed by atoms with E-state index in [9.17, 15) is 0 Å². The zero-order valence-corrected chi connectivity index (χ0v) is 12.6. The van der Waals surface area contributed by atoms with Crippen molar-refractivity contribution < 1.29 is 9.47 Å². The van der Waals surface area contributed by atoms with Gasteiger partial charge in [0.05, 0.1) is 12.2 Å². The Hall–Kier alpha value is -0.903. The van der Waals surface area contributed by atoms with Crippen LogP contribution >= 0.6 is 0 Å². The van der Waals surface area contributed by atoms with Crippen LogP contribution in [0.4, 0.5) is 0 Å². The van der Waals surface area contributed by atoms with E-state index in [-0.39, 0.29) is 18.1 Å². The Labute approximate surface area is 113 Å². The molecule has 2 radical (unpaired) electrons. The first-order chi connectivity index (χ1) is 8.52. The smallest absolute Gasteiger partial charge is 0.157 e. The molecule has 0 aliphatic carbocycles. The van der Waals surface area contributed by atoms with Crippen molar-refractivity contribution in [2.24, 2.45) is 0 Å². The molecule has 0 fully saturated rings. The predicted octanol–water partition coefficient (Wildman–Crippen LogP) is 2.79. The van der Waals surface area contributed by atoms with Crippen molar-refractivity contribution in [3.8, 4) is 0 Å². The monoisotopic (exact) mass is 262 g/mol. The average Bonchev–Trinajstić information content (AvgIpc) is 2.27. The van der Waals surface area contributed by atoms with Gasteiger partial charge >= 0.3 is 0 Å². The summed E-state index contributed by atoms with van der Waals surface area (Å²) in [6.07, 6.45) is 2.21. The maximum Gasteiger partial charge on any atom is 0.157 e. The largest absolute Gasteiger partial charge is 0.354 e. The Bertz CT molecular complexity index is 365. The quantitative estimate of drug-likeness (QED) is 0.556. The summed E-state index contributed by atoms with van der Waals surface area (Å²) < 4.78 is 11.6. The van der Waals surface area contributed by atoms with E-state index in [4.69, 9.17) is 9.47 Å². The third-order valence-corrected chi connectivity index (χ3v) is 3.52. The summed E-state index contributed by atoms with van der Waals surface area (Å²) in [7, 11) is 0.471. The van der Waals surface area contributed by atoms with E-state index in [1.165, 1.54) is 5.19 Å². The Morgan fingerprint density at radius 1 is 1.06 bits per heavy atom. The van der Waals surface area contributed by atoms with Crippen molar-refractivity contribution in [2.75, 3.05) is 0 Å². The predicted molar refractivity (Wildman–Crippen MR) is 78.2 cm³/mol. The van der Waals surface area contributed by atoms with Crippen LogP contribution in [0.1, 0.15) is 33.3 Å². The molecule has 2 nitrogen and oxygen atoms in total. The average molecular weight is 262 g/mol. The first kappa shape index (κ1) is 15.2. The van der Waals surface area contributed by atoms with Gasteiger partial charge in [-0.05, 0) is 33.3 Å². The van der Waals surface area contributed by atoms with Gasteiger partial charge in [0.25, 0.3) is 0 Å². The van der Waals surface area contributed by atoms with Gasteiger partial charge in [0.15, 0.2) is 9.52 Å². The number of hydrogen-bond donors (Lipinski definition) is 0. The maximum atomic E-state index is 5.82. The van der Waals surface area contributed by atoms with Crippen LogP contribution in [0.2, 0.25) is 0 Å². The first-order valence-electron chi connectivity index (χ1n) is 6.32. The van der Waals surface area contributed by atoms with Crippen molar-refractivity contribution in [2.45, 2.75) is 45.8 Å². The fourth-order valence-electron chi connectivity index (χ4n) is 1.53. The number of ether oxygens (including phenoxy) is 2. The highest BCUT2D eigenvalue weighted by molar-refractivity contribution is 6.55. The lowest BCUT2D eigenvalue weighted by Crippen LogP contribution is -2.37. The summed E-state index contributed by atoms with van der Waals surface area (Å²) in [5.74, 6) is -0.175. The van der Waals surface area contributed by atoms with Gasteiger partial charge in [-0.25, -0.2) is 0 Å². The van der Waals surface area contributed by atoms with Crippen LogP contribution in [0.25, 0.3) is 6.08 Å². The van der Waals surface area contributed by atoms with Gasteiger partial charge in [0, 0.05) is 0 Å². The van der Waals surface area contributed by atoms with Crippen LogP contribution in [0, 0.1) is 0 Å². The summed E-state index contributed by atoms with van der Waals surface area (Å²) >= 11 is 0. The molecule has 0 spiro atoms. The van der Waals surface area contributed by atoms with Gasteiger partial charge in [-0.2, -0.15) is 0 Å². The van der Waals surface area contributed by atoms with E-state index in [0.29, 0.717) is 9.52 Å².